The highest BCUT2D eigenvalue weighted by Gasteiger charge is 2.22. The largest absolute Gasteiger partial charge is 0.352 e. The van der Waals surface area contributed by atoms with Gasteiger partial charge in [0.2, 0.25) is 0 Å². The monoisotopic (exact) mass is 595 g/mol. The van der Waals surface area contributed by atoms with Crippen LogP contribution in [0.1, 0.15) is 222 Å². The first kappa shape index (κ1) is 41.9. The van der Waals surface area contributed by atoms with Gasteiger partial charge < -0.3 is 9.47 Å². The van der Waals surface area contributed by atoms with E-state index in [0.29, 0.717) is 16.7 Å². The van der Waals surface area contributed by atoms with Crippen molar-refractivity contribution in [3.05, 3.63) is 0 Å². The van der Waals surface area contributed by atoms with E-state index in [2.05, 4.69) is 55.4 Å². The van der Waals surface area contributed by atoms with Crippen LogP contribution in [0.2, 0.25) is 0 Å². The fourth-order valence-corrected chi connectivity index (χ4v) is 6.15. The molecule has 0 N–H and O–H groups in total. The molecule has 0 aliphatic carbocycles. The van der Waals surface area contributed by atoms with Crippen molar-refractivity contribution in [3.8, 4) is 0 Å². The lowest BCUT2D eigenvalue weighted by molar-refractivity contribution is -0.176. The lowest BCUT2D eigenvalue weighted by atomic mass is 9.89. The molecule has 0 aliphatic rings. The van der Waals surface area contributed by atoms with Gasteiger partial charge in [-0.05, 0) is 49.4 Å². The summed E-state index contributed by atoms with van der Waals surface area (Å²) >= 11 is 0. The SMILES string of the molecule is CCCCCCCCCC(CCC)C(OCCCCCCCCCC(C)(C)C)OCCCCCCCCCC(C)(C)C. The third-order valence-electron chi connectivity index (χ3n) is 8.93. The molecule has 0 fully saturated rings. The average Bonchev–Trinajstić information content (AvgIpc) is 2.91. The Morgan fingerprint density at radius 2 is 0.738 bits per heavy atom. The minimum Gasteiger partial charge on any atom is -0.352 e. The van der Waals surface area contributed by atoms with Crippen molar-refractivity contribution < 1.29 is 9.47 Å². The summed E-state index contributed by atoms with van der Waals surface area (Å²) in [5.41, 5.74) is 0.984. The molecule has 2 nitrogen and oxygen atoms in total. The third kappa shape index (κ3) is 31.3. The number of ether oxygens (including phenoxy) is 2. The van der Waals surface area contributed by atoms with E-state index in [4.69, 9.17) is 9.47 Å². The second-order valence-corrected chi connectivity index (χ2v) is 16.1. The van der Waals surface area contributed by atoms with Crippen LogP contribution in [0, 0.1) is 16.7 Å². The third-order valence-corrected chi connectivity index (χ3v) is 8.93. The fourth-order valence-electron chi connectivity index (χ4n) is 6.15. The minimum atomic E-state index is 0.0137. The Balaban J connectivity index is 4.36. The molecule has 0 heterocycles. The summed E-state index contributed by atoms with van der Waals surface area (Å²) in [6.07, 6.45) is 35.0. The molecule has 0 bridgehead atoms. The topological polar surface area (TPSA) is 18.5 Å². The van der Waals surface area contributed by atoms with Crippen molar-refractivity contribution in [2.75, 3.05) is 13.2 Å². The van der Waals surface area contributed by atoms with Crippen LogP contribution in [-0.4, -0.2) is 19.5 Å². The highest BCUT2D eigenvalue weighted by molar-refractivity contribution is 4.66. The Hall–Kier alpha value is -0.0800. The van der Waals surface area contributed by atoms with E-state index in [1.807, 2.05) is 0 Å². The maximum atomic E-state index is 6.53. The van der Waals surface area contributed by atoms with Gasteiger partial charge in [-0.2, -0.15) is 0 Å². The Bertz CT molecular complexity index is 495. The maximum Gasteiger partial charge on any atom is 0.160 e. The Kier molecular flexibility index (Phi) is 28.3. The van der Waals surface area contributed by atoms with Gasteiger partial charge in [0.1, 0.15) is 0 Å². The zero-order valence-corrected chi connectivity index (χ0v) is 30.8. The molecule has 0 aromatic rings. The van der Waals surface area contributed by atoms with Gasteiger partial charge >= 0.3 is 0 Å². The molecule has 0 saturated heterocycles. The van der Waals surface area contributed by atoms with E-state index in [9.17, 15) is 0 Å². The molecule has 0 aromatic carbocycles. The summed E-state index contributed by atoms with van der Waals surface area (Å²) in [6, 6.07) is 0. The zero-order valence-electron chi connectivity index (χ0n) is 30.8. The smallest absolute Gasteiger partial charge is 0.160 e. The van der Waals surface area contributed by atoms with Crippen molar-refractivity contribution in [3.63, 3.8) is 0 Å². The Labute approximate surface area is 267 Å². The quantitative estimate of drug-likeness (QED) is 0.0587. The highest BCUT2D eigenvalue weighted by atomic mass is 16.7. The summed E-state index contributed by atoms with van der Waals surface area (Å²) in [7, 11) is 0. The molecule has 1 atom stereocenters. The molecule has 0 spiro atoms. The van der Waals surface area contributed by atoms with Gasteiger partial charge in [0.15, 0.2) is 6.29 Å². The molecular formula is C40H82O2. The van der Waals surface area contributed by atoms with Crippen LogP contribution in [0.4, 0.5) is 0 Å². The minimum absolute atomic E-state index is 0.0137. The molecule has 0 radical (unpaired) electrons. The molecule has 0 rings (SSSR count). The molecule has 1 unspecified atom stereocenters. The molecule has 0 aromatic heterocycles. The van der Waals surface area contributed by atoms with Crippen LogP contribution < -0.4 is 0 Å². The Morgan fingerprint density at radius 3 is 1.12 bits per heavy atom. The van der Waals surface area contributed by atoms with Gasteiger partial charge in [-0.1, -0.05) is 184 Å². The molecule has 2 heteroatoms. The van der Waals surface area contributed by atoms with Crippen LogP contribution in [0.25, 0.3) is 0 Å². The standard InChI is InChI=1S/C40H82O2/c1-9-11-12-13-16-21-26-32-37(31-10-2)38(41-35-29-24-19-14-17-22-27-33-39(3,4)5)42-36-30-25-20-15-18-23-28-34-40(6,7)8/h37-38H,9-36H2,1-8H3. The summed E-state index contributed by atoms with van der Waals surface area (Å²) < 4.78 is 13.1. The summed E-state index contributed by atoms with van der Waals surface area (Å²) in [4.78, 5) is 0. The lowest BCUT2D eigenvalue weighted by Crippen LogP contribution is -2.28. The molecule has 0 amide bonds. The second kappa shape index (κ2) is 28.4. The molecule has 254 valence electrons. The van der Waals surface area contributed by atoms with Gasteiger partial charge in [-0.25, -0.2) is 0 Å². The van der Waals surface area contributed by atoms with Gasteiger partial charge in [-0.15, -0.1) is 0 Å². The normalized spacial score (nSPS) is 13.4. The molecule has 0 saturated carbocycles. The van der Waals surface area contributed by atoms with E-state index in [-0.39, 0.29) is 6.29 Å². The highest BCUT2D eigenvalue weighted by Crippen LogP contribution is 2.26. The first-order valence-corrected chi connectivity index (χ1v) is 19.3. The van der Waals surface area contributed by atoms with Gasteiger partial charge in [0, 0.05) is 19.1 Å². The predicted octanol–water partition coefficient (Wildman–Crippen LogP) is 14.2. The fraction of sp³-hybridized carbons (Fsp3) is 1.00. The molecular weight excluding hydrogens is 512 g/mol. The van der Waals surface area contributed by atoms with Crippen molar-refractivity contribution in [1.82, 2.24) is 0 Å². The van der Waals surface area contributed by atoms with Crippen molar-refractivity contribution in [1.29, 1.82) is 0 Å². The summed E-state index contributed by atoms with van der Waals surface area (Å²) in [6.45, 7) is 20.6. The summed E-state index contributed by atoms with van der Waals surface area (Å²) in [5, 5.41) is 0. The second-order valence-electron chi connectivity index (χ2n) is 16.1. The van der Waals surface area contributed by atoms with E-state index in [1.54, 1.807) is 0 Å². The van der Waals surface area contributed by atoms with Crippen LogP contribution in [-0.2, 0) is 9.47 Å². The summed E-state index contributed by atoms with van der Waals surface area (Å²) in [5.74, 6) is 0.566. The zero-order chi connectivity index (χ0) is 31.4. The van der Waals surface area contributed by atoms with E-state index in [0.717, 1.165) is 13.2 Å². The average molecular weight is 595 g/mol. The number of hydrogen-bond acceptors (Lipinski definition) is 2. The molecule has 42 heavy (non-hydrogen) atoms. The van der Waals surface area contributed by atoms with Crippen LogP contribution in [0.15, 0.2) is 0 Å². The van der Waals surface area contributed by atoms with Crippen LogP contribution in [0.5, 0.6) is 0 Å². The predicted molar refractivity (Wildman–Crippen MR) is 189 cm³/mol. The number of rotatable bonds is 31. The Morgan fingerprint density at radius 1 is 0.381 bits per heavy atom. The van der Waals surface area contributed by atoms with E-state index in [1.165, 1.54) is 167 Å². The van der Waals surface area contributed by atoms with Crippen molar-refractivity contribution >= 4 is 0 Å². The van der Waals surface area contributed by atoms with Gasteiger partial charge in [0.25, 0.3) is 0 Å². The number of unbranched alkanes of at least 4 members (excludes halogenated alkanes) is 18. The first-order valence-electron chi connectivity index (χ1n) is 19.3. The lowest BCUT2D eigenvalue weighted by Gasteiger charge is -2.27. The first-order chi connectivity index (χ1) is 20.1. The van der Waals surface area contributed by atoms with Crippen molar-refractivity contribution in [2.45, 2.75) is 229 Å². The van der Waals surface area contributed by atoms with E-state index < -0.39 is 0 Å². The van der Waals surface area contributed by atoms with Crippen molar-refractivity contribution in [2.24, 2.45) is 16.7 Å². The van der Waals surface area contributed by atoms with Gasteiger partial charge in [0.05, 0.1) is 0 Å². The van der Waals surface area contributed by atoms with Crippen LogP contribution in [0.3, 0.4) is 0 Å². The molecule has 0 aliphatic heterocycles. The maximum absolute atomic E-state index is 6.53. The van der Waals surface area contributed by atoms with Gasteiger partial charge in [-0.3, -0.25) is 0 Å². The number of hydrogen-bond donors (Lipinski definition) is 0. The van der Waals surface area contributed by atoms with E-state index >= 15 is 0 Å². The van der Waals surface area contributed by atoms with Crippen LogP contribution >= 0.6 is 0 Å².